The third kappa shape index (κ3) is 3.34. The number of hydrogen-bond donors (Lipinski definition) is 2. The van der Waals surface area contributed by atoms with Gasteiger partial charge in [-0.25, -0.2) is 4.39 Å². The van der Waals surface area contributed by atoms with Crippen molar-refractivity contribution in [3.63, 3.8) is 0 Å². The van der Waals surface area contributed by atoms with E-state index in [2.05, 4.69) is 21.2 Å². The van der Waals surface area contributed by atoms with Gasteiger partial charge in [-0.3, -0.25) is 14.9 Å². The van der Waals surface area contributed by atoms with Crippen molar-refractivity contribution in [3.05, 3.63) is 62.4 Å². The van der Waals surface area contributed by atoms with Gasteiger partial charge >= 0.3 is 0 Å². The van der Waals surface area contributed by atoms with E-state index in [0.717, 1.165) is 12.1 Å². The Hall–Kier alpha value is -2.48. The number of rotatable bonds is 3. The molecule has 108 valence electrons. The van der Waals surface area contributed by atoms with Gasteiger partial charge in [-0.2, -0.15) is 0 Å². The Morgan fingerprint density at radius 1 is 1.29 bits per heavy atom. The highest BCUT2D eigenvalue weighted by Crippen LogP contribution is 2.29. The first kappa shape index (κ1) is 14.9. The molecule has 2 aromatic carbocycles. The minimum absolute atomic E-state index is 0.0121. The van der Waals surface area contributed by atoms with Gasteiger partial charge in [0.1, 0.15) is 17.3 Å². The number of nitrogens with one attached hydrogen (secondary N) is 1. The summed E-state index contributed by atoms with van der Waals surface area (Å²) >= 11 is 2.96. The lowest BCUT2D eigenvalue weighted by Gasteiger charge is -2.07. The zero-order valence-corrected chi connectivity index (χ0v) is 11.9. The molecule has 0 fully saturated rings. The summed E-state index contributed by atoms with van der Waals surface area (Å²) in [5.74, 6) is -1.62. The normalized spacial score (nSPS) is 10.2. The van der Waals surface area contributed by atoms with Crippen LogP contribution < -0.4 is 5.32 Å². The standard InChI is InChI=1S/C13H8BrFN2O4/c14-9-3-1-7(5-10(9)15)13(19)16-11-4-2-8(18)6-12(11)17(20)21/h1-6,18H,(H,16,19). The fourth-order valence-electron chi connectivity index (χ4n) is 1.61. The number of phenolic OH excluding ortho intramolecular Hbond substituents is 1. The number of nitro benzene ring substituents is 1. The van der Waals surface area contributed by atoms with Crippen LogP contribution in [0.2, 0.25) is 0 Å². The van der Waals surface area contributed by atoms with Crippen LogP contribution in [0.3, 0.4) is 0 Å². The molecule has 1 amide bonds. The monoisotopic (exact) mass is 354 g/mol. The fraction of sp³-hybridized carbons (Fsp3) is 0. The van der Waals surface area contributed by atoms with E-state index in [0.29, 0.717) is 0 Å². The van der Waals surface area contributed by atoms with Crippen molar-refractivity contribution in [1.82, 2.24) is 0 Å². The Morgan fingerprint density at radius 2 is 2.00 bits per heavy atom. The van der Waals surface area contributed by atoms with Gasteiger partial charge < -0.3 is 10.4 Å². The number of halogens is 2. The SMILES string of the molecule is O=C(Nc1ccc(O)cc1[N+](=O)[O-])c1ccc(Br)c(F)c1. The van der Waals surface area contributed by atoms with Crippen LogP contribution in [0.25, 0.3) is 0 Å². The van der Waals surface area contributed by atoms with Crippen LogP contribution in [0.15, 0.2) is 40.9 Å². The number of nitro groups is 1. The third-order valence-electron chi connectivity index (χ3n) is 2.61. The second-order valence-electron chi connectivity index (χ2n) is 4.04. The highest BCUT2D eigenvalue weighted by Gasteiger charge is 2.18. The number of hydrogen-bond acceptors (Lipinski definition) is 4. The van der Waals surface area contributed by atoms with Gasteiger partial charge in [0.25, 0.3) is 11.6 Å². The largest absolute Gasteiger partial charge is 0.508 e. The maximum absolute atomic E-state index is 13.4. The molecule has 0 radical (unpaired) electrons. The molecule has 0 aliphatic rings. The molecule has 6 nitrogen and oxygen atoms in total. The summed E-state index contributed by atoms with van der Waals surface area (Å²) in [5, 5.41) is 22.4. The number of phenols is 1. The molecule has 0 aromatic heterocycles. The second kappa shape index (κ2) is 5.88. The van der Waals surface area contributed by atoms with E-state index in [4.69, 9.17) is 0 Å². The van der Waals surface area contributed by atoms with E-state index in [9.17, 15) is 24.4 Å². The lowest BCUT2D eigenvalue weighted by molar-refractivity contribution is -0.384. The quantitative estimate of drug-likeness (QED) is 0.501. The molecule has 0 atom stereocenters. The molecule has 0 aliphatic carbocycles. The summed E-state index contributed by atoms with van der Waals surface area (Å²) in [7, 11) is 0. The van der Waals surface area contributed by atoms with Gasteiger partial charge in [-0.1, -0.05) is 0 Å². The van der Waals surface area contributed by atoms with Gasteiger partial charge in [0, 0.05) is 5.56 Å². The Kier molecular flexibility index (Phi) is 4.18. The summed E-state index contributed by atoms with van der Waals surface area (Å²) in [6.45, 7) is 0. The molecule has 0 saturated heterocycles. The molecule has 21 heavy (non-hydrogen) atoms. The number of aromatic hydroxyl groups is 1. The number of nitrogens with zero attached hydrogens (tertiary/aromatic N) is 1. The lowest BCUT2D eigenvalue weighted by Crippen LogP contribution is -2.13. The molecular formula is C13H8BrFN2O4. The van der Waals surface area contributed by atoms with E-state index in [1.807, 2.05) is 0 Å². The second-order valence-corrected chi connectivity index (χ2v) is 4.90. The predicted octanol–water partition coefficient (Wildman–Crippen LogP) is 3.45. The predicted molar refractivity (Wildman–Crippen MR) is 76.8 cm³/mol. The highest BCUT2D eigenvalue weighted by atomic mass is 79.9. The van der Waals surface area contributed by atoms with E-state index < -0.39 is 22.3 Å². The average molecular weight is 355 g/mol. The highest BCUT2D eigenvalue weighted by molar-refractivity contribution is 9.10. The summed E-state index contributed by atoms with van der Waals surface area (Å²) in [4.78, 5) is 22.1. The third-order valence-corrected chi connectivity index (χ3v) is 3.25. The van der Waals surface area contributed by atoms with Crippen molar-refractivity contribution in [2.45, 2.75) is 0 Å². The van der Waals surface area contributed by atoms with E-state index in [1.54, 1.807) is 0 Å². The molecule has 2 aromatic rings. The number of carbonyl (C=O) groups excluding carboxylic acids is 1. The van der Waals surface area contributed by atoms with Gasteiger partial charge in [0.2, 0.25) is 0 Å². The molecule has 0 bridgehead atoms. The summed E-state index contributed by atoms with van der Waals surface area (Å²) in [5.41, 5.74) is -0.537. The summed E-state index contributed by atoms with van der Waals surface area (Å²) < 4.78 is 13.6. The maximum atomic E-state index is 13.4. The zero-order chi connectivity index (χ0) is 15.6. The Morgan fingerprint density at radius 3 is 2.62 bits per heavy atom. The first-order chi connectivity index (χ1) is 9.88. The van der Waals surface area contributed by atoms with Crippen molar-refractivity contribution >= 4 is 33.2 Å². The zero-order valence-electron chi connectivity index (χ0n) is 10.3. The van der Waals surface area contributed by atoms with Crippen molar-refractivity contribution < 1.29 is 19.2 Å². The van der Waals surface area contributed by atoms with Crippen LogP contribution in [0, 0.1) is 15.9 Å². The average Bonchev–Trinajstić information content (AvgIpc) is 2.43. The van der Waals surface area contributed by atoms with Gasteiger partial charge in [0.15, 0.2) is 0 Å². The minimum atomic E-state index is -0.739. The van der Waals surface area contributed by atoms with Crippen LogP contribution in [0.4, 0.5) is 15.8 Å². The van der Waals surface area contributed by atoms with Crippen LogP contribution in [-0.4, -0.2) is 15.9 Å². The van der Waals surface area contributed by atoms with Crippen LogP contribution >= 0.6 is 15.9 Å². The number of anilines is 1. The van der Waals surface area contributed by atoms with E-state index >= 15 is 0 Å². The Labute approximate surface area is 126 Å². The van der Waals surface area contributed by atoms with Gasteiger partial charge in [-0.15, -0.1) is 0 Å². The number of carbonyl (C=O) groups is 1. The van der Waals surface area contributed by atoms with Crippen molar-refractivity contribution in [1.29, 1.82) is 0 Å². The van der Waals surface area contributed by atoms with Gasteiger partial charge in [-0.05, 0) is 46.3 Å². The first-order valence-corrected chi connectivity index (χ1v) is 6.41. The summed E-state index contributed by atoms with van der Waals surface area (Å²) in [6, 6.07) is 7.04. The van der Waals surface area contributed by atoms with Crippen molar-refractivity contribution in [2.75, 3.05) is 5.32 Å². The number of benzene rings is 2. The molecule has 2 rings (SSSR count). The van der Waals surface area contributed by atoms with Crippen LogP contribution in [0.5, 0.6) is 5.75 Å². The Balaban J connectivity index is 2.31. The Bertz CT molecular complexity index is 736. The first-order valence-electron chi connectivity index (χ1n) is 5.62. The molecule has 0 spiro atoms. The molecule has 0 unspecified atom stereocenters. The molecule has 0 aliphatic heterocycles. The maximum Gasteiger partial charge on any atom is 0.296 e. The van der Waals surface area contributed by atoms with E-state index in [1.165, 1.54) is 24.3 Å². The van der Waals surface area contributed by atoms with Crippen molar-refractivity contribution in [3.8, 4) is 5.75 Å². The summed E-state index contributed by atoms with van der Waals surface area (Å²) in [6.07, 6.45) is 0. The number of amides is 1. The van der Waals surface area contributed by atoms with Crippen molar-refractivity contribution in [2.24, 2.45) is 0 Å². The molecule has 0 heterocycles. The topological polar surface area (TPSA) is 92.5 Å². The smallest absolute Gasteiger partial charge is 0.296 e. The van der Waals surface area contributed by atoms with Crippen LogP contribution in [-0.2, 0) is 0 Å². The van der Waals surface area contributed by atoms with Gasteiger partial charge in [0.05, 0.1) is 15.5 Å². The van der Waals surface area contributed by atoms with Crippen LogP contribution in [0.1, 0.15) is 10.4 Å². The molecule has 0 saturated carbocycles. The lowest BCUT2D eigenvalue weighted by atomic mass is 10.2. The molecule has 8 heteroatoms. The minimum Gasteiger partial charge on any atom is -0.508 e. The fourth-order valence-corrected chi connectivity index (χ4v) is 1.86. The molecule has 2 N–H and O–H groups in total. The van der Waals surface area contributed by atoms with E-state index in [-0.39, 0.29) is 21.5 Å². The molecular weight excluding hydrogens is 347 g/mol.